The molecule has 0 saturated carbocycles. The first-order chi connectivity index (χ1) is 7.70. The van der Waals surface area contributed by atoms with Gasteiger partial charge in [-0.05, 0) is 6.07 Å². The van der Waals surface area contributed by atoms with Crippen LogP contribution < -0.4 is 11.1 Å². The normalized spacial score (nSPS) is 12.8. The van der Waals surface area contributed by atoms with Gasteiger partial charge in [-0.1, -0.05) is 23.7 Å². The highest BCUT2D eigenvalue weighted by Gasteiger charge is 2.15. The van der Waals surface area contributed by atoms with Crippen LogP contribution in [0, 0.1) is 5.82 Å². The Labute approximate surface area is 99.7 Å². The summed E-state index contributed by atoms with van der Waals surface area (Å²) in [6.07, 6.45) is 0. The van der Waals surface area contributed by atoms with Gasteiger partial charge in [0.15, 0.2) is 0 Å². The van der Waals surface area contributed by atoms with Crippen LogP contribution in [0.4, 0.5) is 4.39 Å². The van der Waals surface area contributed by atoms with E-state index >= 15 is 0 Å². The lowest BCUT2D eigenvalue weighted by molar-refractivity contribution is 0.195. The maximum Gasteiger partial charge on any atom is 0.146 e. The fourth-order valence-corrected chi connectivity index (χ4v) is 1.63. The smallest absolute Gasteiger partial charge is 0.146 e. The predicted molar refractivity (Wildman–Crippen MR) is 63.1 cm³/mol. The Morgan fingerprint density at radius 3 is 2.94 bits per heavy atom. The molecule has 0 saturated heterocycles. The molecule has 0 aliphatic heterocycles. The third-order valence-electron chi connectivity index (χ3n) is 2.29. The second-order valence-electron chi connectivity index (χ2n) is 3.38. The van der Waals surface area contributed by atoms with Crippen molar-refractivity contribution in [3.63, 3.8) is 0 Å². The molecule has 0 amide bonds. The van der Waals surface area contributed by atoms with Crippen LogP contribution in [-0.4, -0.2) is 26.8 Å². The zero-order chi connectivity index (χ0) is 12.0. The molecule has 0 bridgehead atoms. The van der Waals surface area contributed by atoms with E-state index in [0.29, 0.717) is 25.3 Å². The van der Waals surface area contributed by atoms with Gasteiger partial charge in [0.05, 0.1) is 11.6 Å². The maximum absolute atomic E-state index is 13.7. The van der Waals surface area contributed by atoms with Gasteiger partial charge in [-0.15, -0.1) is 0 Å². The Hall–Kier alpha value is -0.680. The van der Waals surface area contributed by atoms with E-state index in [1.165, 1.54) is 6.07 Å². The standard InChI is InChI=1S/C11H16ClFN2O/c1-16-6-5-15-10(7-14)8-3-2-4-9(12)11(8)13/h2-4,10,15H,5-7,14H2,1H3. The molecule has 1 aromatic carbocycles. The molecule has 0 aromatic heterocycles. The minimum atomic E-state index is -0.412. The van der Waals surface area contributed by atoms with Crippen molar-refractivity contribution in [2.75, 3.05) is 26.8 Å². The van der Waals surface area contributed by atoms with E-state index < -0.39 is 5.82 Å². The van der Waals surface area contributed by atoms with Crippen LogP contribution in [0.15, 0.2) is 18.2 Å². The number of hydrogen-bond donors (Lipinski definition) is 2. The number of methoxy groups -OCH3 is 1. The summed E-state index contributed by atoms with van der Waals surface area (Å²) in [6, 6.07) is 4.66. The highest BCUT2D eigenvalue weighted by atomic mass is 35.5. The molecule has 1 atom stereocenters. The van der Waals surface area contributed by atoms with Crippen molar-refractivity contribution in [2.45, 2.75) is 6.04 Å². The van der Waals surface area contributed by atoms with Crippen molar-refractivity contribution < 1.29 is 9.13 Å². The molecule has 1 rings (SSSR count). The summed E-state index contributed by atoms with van der Waals surface area (Å²) in [5.74, 6) is -0.412. The lowest BCUT2D eigenvalue weighted by atomic mass is 10.1. The predicted octanol–water partition coefficient (Wildman–Crippen LogP) is 1.71. The van der Waals surface area contributed by atoms with Crippen LogP contribution in [0.2, 0.25) is 5.02 Å². The Bertz CT molecular complexity index is 336. The monoisotopic (exact) mass is 246 g/mol. The largest absolute Gasteiger partial charge is 0.383 e. The summed E-state index contributed by atoms with van der Waals surface area (Å²) in [7, 11) is 1.61. The molecule has 0 heterocycles. The molecule has 16 heavy (non-hydrogen) atoms. The topological polar surface area (TPSA) is 47.3 Å². The van der Waals surface area contributed by atoms with E-state index in [1.54, 1.807) is 19.2 Å². The van der Waals surface area contributed by atoms with Gasteiger partial charge in [0.1, 0.15) is 5.82 Å². The van der Waals surface area contributed by atoms with Crippen LogP contribution >= 0.6 is 11.6 Å². The van der Waals surface area contributed by atoms with E-state index in [1.807, 2.05) is 0 Å². The number of rotatable bonds is 6. The van der Waals surface area contributed by atoms with Gasteiger partial charge in [-0.2, -0.15) is 0 Å². The summed E-state index contributed by atoms with van der Waals surface area (Å²) in [5, 5.41) is 3.22. The third kappa shape index (κ3) is 3.42. The Kier molecular flexibility index (Phi) is 5.69. The van der Waals surface area contributed by atoms with Crippen molar-refractivity contribution in [1.82, 2.24) is 5.32 Å². The lowest BCUT2D eigenvalue weighted by Crippen LogP contribution is -2.31. The first-order valence-corrected chi connectivity index (χ1v) is 5.44. The minimum Gasteiger partial charge on any atom is -0.383 e. The summed E-state index contributed by atoms with van der Waals surface area (Å²) in [4.78, 5) is 0. The van der Waals surface area contributed by atoms with Crippen LogP contribution in [0.25, 0.3) is 0 Å². The van der Waals surface area contributed by atoms with E-state index in [0.717, 1.165) is 0 Å². The first kappa shape index (κ1) is 13.4. The third-order valence-corrected chi connectivity index (χ3v) is 2.58. The molecule has 0 aliphatic carbocycles. The zero-order valence-corrected chi connectivity index (χ0v) is 9.93. The Morgan fingerprint density at radius 1 is 1.56 bits per heavy atom. The minimum absolute atomic E-state index is 0.115. The van der Waals surface area contributed by atoms with Gasteiger partial charge in [-0.3, -0.25) is 0 Å². The number of hydrogen-bond acceptors (Lipinski definition) is 3. The van der Waals surface area contributed by atoms with E-state index in [-0.39, 0.29) is 11.1 Å². The van der Waals surface area contributed by atoms with Crippen LogP contribution in [0.3, 0.4) is 0 Å². The summed E-state index contributed by atoms with van der Waals surface area (Å²) in [5.41, 5.74) is 6.08. The SMILES string of the molecule is COCCNC(CN)c1cccc(Cl)c1F. The molecule has 1 aromatic rings. The van der Waals surface area contributed by atoms with Crippen molar-refractivity contribution in [2.24, 2.45) is 5.73 Å². The summed E-state index contributed by atoms with van der Waals surface area (Å²) >= 11 is 5.71. The summed E-state index contributed by atoms with van der Waals surface area (Å²) in [6.45, 7) is 1.48. The molecule has 5 heteroatoms. The molecular weight excluding hydrogens is 231 g/mol. The van der Waals surface area contributed by atoms with Gasteiger partial charge in [0, 0.05) is 31.8 Å². The number of benzene rings is 1. The number of nitrogens with two attached hydrogens (primary N) is 1. The van der Waals surface area contributed by atoms with E-state index in [4.69, 9.17) is 22.1 Å². The quantitative estimate of drug-likeness (QED) is 0.752. The molecule has 0 radical (unpaired) electrons. The van der Waals surface area contributed by atoms with Gasteiger partial charge in [0.2, 0.25) is 0 Å². The molecule has 0 spiro atoms. The highest BCUT2D eigenvalue weighted by molar-refractivity contribution is 6.30. The average Bonchev–Trinajstić information content (AvgIpc) is 2.29. The molecule has 1 unspecified atom stereocenters. The molecule has 0 aliphatic rings. The van der Waals surface area contributed by atoms with Gasteiger partial charge in [0.25, 0.3) is 0 Å². The van der Waals surface area contributed by atoms with Crippen LogP contribution in [0.1, 0.15) is 11.6 Å². The van der Waals surface area contributed by atoms with Gasteiger partial charge < -0.3 is 15.8 Å². The maximum atomic E-state index is 13.7. The first-order valence-electron chi connectivity index (χ1n) is 5.07. The zero-order valence-electron chi connectivity index (χ0n) is 9.17. The second kappa shape index (κ2) is 6.81. The Balaban J connectivity index is 2.74. The van der Waals surface area contributed by atoms with Crippen molar-refractivity contribution in [3.8, 4) is 0 Å². The van der Waals surface area contributed by atoms with Crippen molar-refractivity contribution in [3.05, 3.63) is 34.6 Å². The van der Waals surface area contributed by atoms with Crippen LogP contribution in [-0.2, 0) is 4.74 Å². The highest BCUT2D eigenvalue weighted by Crippen LogP contribution is 2.22. The fourth-order valence-electron chi connectivity index (χ4n) is 1.45. The average molecular weight is 247 g/mol. The number of nitrogens with one attached hydrogen (secondary N) is 1. The molecular formula is C11H16ClFN2O. The van der Waals surface area contributed by atoms with Gasteiger partial charge in [-0.25, -0.2) is 4.39 Å². The van der Waals surface area contributed by atoms with E-state index in [2.05, 4.69) is 5.32 Å². The molecule has 3 nitrogen and oxygen atoms in total. The van der Waals surface area contributed by atoms with Crippen molar-refractivity contribution in [1.29, 1.82) is 0 Å². The molecule has 3 N–H and O–H groups in total. The second-order valence-corrected chi connectivity index (χ2v) is 3.79. The number of ether oxygens (including phenoxy) is 1. The molecule has 90 valence electrons. The van der Waals surface area contributed by atoms with Crippen LogP contribution in [0.5, 0.6) is 0 Å². The Morgan fingerprint density at radius 2 is 2.31 bits per heavy atom. The van der Waals surface area contributed by atoms with Gasteiger partial charge >= 0.3 is 0 Å². The number of halogens is 2. The van der Waals surface area contributed by atoms with Crippen molar-refractivity contribution >= 4 is 11.6 Å². The lowest BCUT2D eigenvalue weighted by Gasteiger charge is -2.18. The fraction of sp³-hybridized carbons (Fsp3) is 0.455. The van der Waals surface area contributed by atoms with E-state index in [9.17, 15) is 4.39 Å². The molecule has 0 fully saturated rings. The summed E-state index contributed by atoms with van der Waals surface area (Å²) < 4.78 is 18.6.